The zero-order chi connectivity index (χ0) is 59.8. The van der Waals surface area contributed by atoms with E-state index in [9.17, 15) is 102 Å². The Bertz CT molecular complexity index is 3510. The number of anilines is 2. The summed E-state index contributed by atoms with van der Waals surface area (Å²) in [6.45, 7) is -0.888. The molecule has 3 aliphatic rings. The summed E-state index contributed by atoms with van der Waals surface area (Å²) >= 11 is 0. The first-order valence-corrected chi connectivity index (χ1v) is 32.1. The van der Waals surface area contributed by atoms with Gasteiger partial charge in [-0.15, -0.1) is 0 Å². The van der Waals surface area contributed by atoms with Gasteiger partial charge in [0.15, 0.2) is 31.0 Å². The lowest BCUT2D eigenvalue weighted by atomic mass is 10.1. The van der Waals surface area contributed by atoms with Crippen LogP contribution in [0.5, 0.6) is 0 Å². The number of nitrogens with zero attached hydrogens (tertiary/aromatic N) is 6. The quantitative estimate of drug-likeness (QED) is 0.0286. The summed E-state index contributed by atoms with van der Waals surface area (Å²) in [5.41, 5.74) is 9.66. The molecule has 14 N–H and O–H groups in total. The van der Waals surface area contributed by atoms with Crippen LogP contribution in [-0.4, -0.2) is 165 Å². The number of aliphatic hydroxyl groups is 6. The van der Waals surface area contributed by atoms with Crippen molar-refractivity contribution in [1.29, 1.82) is 0 Å². The molecule has 0 amide bonds. The number of fused-ring (bicyclic) bond motifs is 2. The van der Waals surface area contributed by atoms with Crippen LogP contribution in [-0.2, 0) is 68.1 Å². The molecule has 0 spiro atoms. The van der Waals surface area contributed by atoms with Crippen molar-refractivity contribution < 1.29 is 137 Å². The number of aromatic nitrogens is 10. The van der Waals surface area contributed by atoms with Crippen molar-refractivity contribution in [3.05, 3.63) is 62.4 Å². The monoisotopic (exact) mass is 1260 g/mol. The number of H-pyrrole nitrogens is 4. The number of nitrogen functional groups attached to an aromatic ring is 2. The molecule has 48 heteroatoms. The SMILES string of the molecule is CP(=O)([O-])OP(=O)([O-])OC[C@H]1O[C@@H]([n+]2c[nH]c3c(=O)[nH]c(N)nc32)C(O)[C@H]1O.CP(=O)([O-])OP(=O)([O-])OC[C@H]1O[C@@H]([n+]2c[nH]c3c(N)ncnc32)C(O)[C@H]1O.CP(=O)([O-])OP(=O)([O-])OC[C@H]1O[C@@H](n2ccc(=O)[nH]c2=O)C(O)[C@H]1O. The number of ether oxygens (including phenoxy) is 3. The van der Waals surface area contributed by atoms with Gasteiger partial charge in [-0.25, -0.2) is 13.9 Å². The predicted octanol–water partition coefficient (Wildman–Crippen LogP) is -9.60. The van der Waals surface area contributed by atoms with Crippen molar-refractivity contribution in [3.8, 4) is 0 Å². The van der Waals surface area contributed by atoms with Crippen LogP contribution in [0.2, 0.25) is 0 Å². The van der Waals surface area contributed by atoms with E-state index in [2.05, 4.69) is 56.4 Å². The predicted molar refractivity (Wildman–Crippen MR) is 243 cm³/mol. The van der Waals surface area contributed by atoms with Gasteiger partial charge < -0.3 is 113 Å². The maximum Gasteiger partial charge on any atom is 0.330 e. The molecule has 3 aliphatic heterocycles. The van der Waals surface area contributed by atoms with Crippen molar-refractivity contribution in [2.45, 2.75) is 73.6 Å². The van der Waals surface area contributed by atoms with Crippen LogP contribution in [0.4, 0.5) is 11.8 Å². The summed E-state index contributed by atoms with van der Waals surface area (Å²) in [5.74, 6) is -0.0532. The fourth-order valence-electron chi connectivity index (χ4n) is 7.32. The lowest BCUT2D eigenvalue weighted by Crippen LogP contribution is -2.46. The number of nitrogens with one attached hydrogen (secondary N) is 4. The number of aromatic amines is 4. The first kappa shape index (κ1) is 64.9. The van der Waals surface area contributed by atoms with Crippen LogP contribution in [0, 0.1) is 0 Å². The first-order chi connectivity index (χ1) is 36.8. The molecule has 448 valence electrons. The zero-order valence-corrected chi connectivity index (χ0v) is 45.8. The van der Waals surface area contributed by atoms with Gasteiger partial charge in [-0.3, -0.25) is 60.7 Å². The number of phosphoric acid groups is 3. The zero-order valence-electron chi connectivity index (χ0n) is 40.4. The second-order valence-corrected chi connectivity index (χ2v) is 27.0. The molecule has 8 heterocycles. The Hall–Kier alpha value is -4.28. The average Bonchev–Trinajstić information content (AvgIpc) is 4.14. The van der Waals surface area contributed by atoms with Crippen molar-refractivity contribution >= 4 is 80.3 Å². The van der Waals surface area contributed by atoms with E-state index in [1.165, 1.54) is 28.1 Å². The molecule has 0 saturated carbocycles. The van der Waals surface area contributed by atoms with Crippen LogP contribution in [0.15, 0.2) is 45.6 Å². The minimum Gasteiger partial charge on any atom is -0.778 e. The molecular formula is C32H46N12O30P6-4. The number of hydrogen-bond acceptors (Lipinski definition) is 35. The van der Waals surface area contributed by atoms with Crippen LogP contribution < -0.4 is 66.8 Å². The third-order valence-corrected chi connectivity index (χ3v) is 17.9. The summed E-state index contributed by atoms with van der Waals surface area (Å²) < 4.78 is 111. The maximum absolute atomic E-state index is 11.8. The fourth-order valence-corrected chi connectivity index (χ4v) is 13.2. The molecule has 3 saturated heterocycles. The lowest BCUT2D eigenvalue weighted by Gasteiger charge is -2.29. The molecule has 0 aromatic carbocycles. The summed E-state index contributed by atoms with van der Waals surface area (Å²) in [6.07, 6.45) is -12.6. The Morgan fingerprint density at radius 3 is 1.49 bits per heavy atom. The lowest BCUT2D eigenvalue weighted by molar-refractivity contribution is -0.745. The highest BCUT2D eigenvalue weighted by molar-refractivity contribution is 7.63. The molecule has 8 rings (SSSR count). The van der Waals surface area contributed by atoms with Crippen LogP contribution in [0.25, 0.3) is 22.3 Å². The Morgan fingerprint density at radius 1 is 0.613 bits per heavy atom. The number of hydrogen-bond donors (Lipinski definition) is 12. The molecule has 42 nitrogen and oxygen atoms in total. The van der Waals surface area contributed by atoms with Gasteiger partial charge in [-0.2, -0.15) is 4.98 Å². The molecule has 5 aromatic rings. The van der Waals surface area contributed by atoms with Gasteiger partial charge in [-0.05, 0) is 0 Å². The number of rotatable bonds is 18. The Morgan fingerprint density at radius 2 is 1.04 bits per heavy atom. The molecule has 18 atom stereocenters. The smallest absolute Gasteiger partial charge is 0.330 e. The number of aliphatic hydroxyl groups excluding tert-OH is 6. The molecule has 0 bridgehead atoms. The first-order valence-electron chi connectivity index (χ1n) is 21.7. The van der Waals surface area contributed by atoms with E-state index in [4.69, 9.17) is 25.7 Å². The van der Waals surface area contributed by atoms with Gasteiger partial charge in [-0.1, -0.05) is 9.97 Å². The van der Waals surface area contributed by atoms with Gasteiger partial charge in [0.1, 0.15) is 77.7 Å². The van der Waals surface area contributed by atoms with E-state index >= 15 is 0 Å². The van der Waals surface area contributed by atoms with Gasteiger partial charge in [0, 0.05) is 32.3 Å². The van der Waals surface area contributed by atoms with E-state index in [1.54, 1.807) is 0 Å². The summed E-state index contributed by atoms with van der Waals surface area (Å²) in [5, 5.41) is 60.5. The van der Waals surface area contributed by atoms with Crippen molar-refractivity contribution in [1.82, 2.24) is 39.5 Å². The van der Waals surface area contributed by atoms with Crippen molar-refractivity contribution in [3.63, 3.8) is 0 Å². The number of imidazole rings is 2. The third kappa shape index (κ3) is 16.7. The number of phosphoric ester groups is 3. The Kier molecular flexibility index (Phi) is 20.2. The summed E-state index contributed by atoms with van der Waals surface area (Å²) in [4.78, 5) is 123. The summed E-state index contributed by atoms with van der Waals surface area (Å²) in [7, 11) is -29.5. The van der Waals surface area contributed by atoms with E-state index in [-0.39, 0.29) is 28.6 Å². The van der Waals surface area contributed by atoms with Crippen LogP contribution >= 0.6 is 46.3 Å². The fraction of sp³-hybridized carbons (Fsp3) is 0.562. The van der Waals surface area contributed by atoms with E-state index in [0.29, 0.717) is 25.5 Å². The second kappa shape index (κ2) is 24.9. The largest absolute Gasteiger partial charge is 0.778 e. The molecular weight excluding hydrogens is 1220 g/mol. The van der Waals surface area contributed by atoms with E-state index in [1.807, 2.05) is 4.98 Å². The van der Waals surface area contributed by atoms with Crippen molar-refractivity contribution in [2.75, 3.05) is 51.3 Å². The molecule has 5 aromatic heterocycles. The normalized spacial score (nSPS) is 30.4. The molecule has 3 fully saturated rings. The van der Waals surface area contributed by atoms with E-state index < -0.39 is 157 Å². The highest BCUT2D eigenvalue weighted by Gasteiger charge is 2.49. The summed E-state index contributed by atoms with van der Waals surface area (Å²) in [6, 6.07) is 0.973. The van der Waals surface area contributed by atoms with Gasteiger partial charge >= 0.3 is 17.0 Å². The Balaban J connectivity index is 0.000000194. The topological polar surface area (TPSA) is 663 Å². The standard InChI is InChI=1S/C11H17N5O10P2.C11H17N5O9P2.C10H16N2O11P2/c1-27(20,21)26-28(22,23)24-2-4-6(17)7(18)10(25-4)16-3-13-5-8(16)14-11(12)15-9(5)19;1-26(19,20)25-27(21,22)23-2-5-7(17)8(18)11(24-5)16-4-15-6-9(12)13-3-14-10(6)16;1-24(17,18)23-25(19,20)21-4-5-7(14)8(15)9(22-5)12-3-2-6(13)11-10(12)16/h3-4,6-7,10,17-18H,2H2,1H3,(H5,12,14,15,19,20,21,22,23);3-5,7-8,11,17-18H,2H2,1H3,(H4,12,13,14,19,20,21,22);2-3,5,7-9,14-15H,4H2,1H3,(H,17,18)(H,19,20)(H,11,13,16)/p-4/t4-,6+,7?,10-;5-,7+,8?,11-;5-,7+,8?,9-/m111/s1. The average molecular weight is 1260 g/mol. The van der Waals surface area contributed by atoms with Crippen LogP contribution in [0.1, 0.15) is 18.7 Å². The highest BCUT2D eigenvalue weighted by atomic mass is 31.3. The minimum absolute atomic E-state index is 0.00942. The maximum atomic E-state index is 11.8. The molecule has 80 heavy (non-hydrogen) atoms. The molecule has 0 aliphatic carbocycles. The second-order valence-electron chi connectivity index (χ2n) is 16.9. The Labute approximate surface area is 443 Å². The van der Waals surface area contributed by atoms with E-state index in [0.717, 1.165) is 16.8 Å². The van der Waals surface area contributed by atoms with Gasteiger partial charge in [0.05, 0.1) is 19.8 Å². The van der Waals surface area contributed by atoms with Gasteiger partial charge in [0.25, 0.3) is 40.5 Å². The minimum atomic E-state index is -5.23. The number of nitrogens with two attached hydrogens (primary N) is 2. The van der Waals surface area contributed by atoms with Gasteiger partial charge in [0.2, 0.25) is 23.5 Å². The molecule has 0 radical (unpaired) electrons. The third-order valence-electron chi connectivity index (χ3n) is 10.6. The molecule has 9 unspecified atom stereocenters. The highest BCUT2D eigenvalue weighted by Crippen LogP contribution is 2.55. The van der Waals surface area contributed by atoms with Crippen molar-refractivity contribution in [2.24, 2.45) is 0 Å². The van der Waals surface area contributed by atoms with Crippen LogP contribution in [0.3, 0.4) is 0 Å².